The van der Waals surface area contributed by atoms with E-state index in [4.69, 9.17) is 16.0 Å². The van der Waals surface area contributed by atoms with E-state index < -0.39 is 0 Å². The molecule has 1 fully saturated rings. The van der Waals surface area contributed by atoms with E-state index in [1.54, 1.807) is 35.4 Å². The Bertz CT molecular complexity index is 908. The summed E-state index contributed by atoms with van der Waals surface area (Å²) in [5.41, 5.74) is 0.861. The average molecular weight is 385 g/mol. The van der Waals surface area contributed by atoms with E-state index in [2.05, 4.69) is 20.5 Å². The first-order chi connectivity index (χ1) is 13.2. The lowest BCUT2D eigenvalue weighted by atomic mass is 10.3. The molecule has 0 aliphatic carbocycles. The number of nitrogens with zero attached hydrogens (tertiary/aromatic N) is 5. The van der Waals surface area contributed by atoms with E-state index in [9.17, 15) is 4.79 Å². The maximum absolute atomic E-state index is 12.3. The normalized spacial score (nSPS) is 14.3. The fourth-order valence-corrected chi connectivity index (χ4v) is 2.96. The second-order valence-corrected chi connectivity index (χ2v) is 6.47. The molecule has 1 amide bonds. The summed E-state index contributed by atoms with van der Waals surface area (Å²) in [6, 6.07) is 10.7. The van der Waals surface area contributed by atoms with Crippen LogP contribution in [0.1, 0.15) is 10.6 Å². The Morgan fingerprint density at radius 2 is 1.89 bits per heavy atom. The van der Waals surface area contributed by atoms with Crippen molar-refractivity contribution in [2.24, 2.45) is 0 Å². The second kappa shape index (κ2) is 7.63. The first-order valence-electron chi connectivity index (χ1n) is 8.49. The number of hydrogen-bond acceptors (Lipinski definition) is 7. The molecule has 1 aromatic carbocycles. The van der Waals surface area contributed by atoms with Gasteiger partial charge < -0.3 is 19.5 Å². The smallest absolute Gasteiger partial charge is 0.289 e. The molecule has 138 valence electrons. The van der Waals surface area contributed by atoms with E-state index in [1.807, 2.05) is 17.0 Å². The summed E-state index contributed by atoms with van der Waals surface area (Å²) in [7, 11) is 0. The van der Waals surface area contributed by atoms with Gasteiger partial charge in [-0.1, -0.05) is 11.6 Å². The number of halogens is 1. The minimum atomic E-state index is -0.100. The highest BCUT2D eigenvalue weighted by Crippen LogP contribution is 2.19. The van der Waals surface area contributed by atoms with Gasteiger partial charge in [0.2, 0.25) is 5.95 Å². The van der Waals surface area contributed by atoms with Crippen LogP contribution in [0.15, 0.2) is 53.3 Å². The maximum Gasteiger partial charge on any atom is 0.289 e. The van der Waals surface area contributed by atoms with Crippen LogP contribution in [-0.2, 0) is 0 Å². The molecule has 0 unspecified atom stereocenters. The van der Waals surface area contributed by atoms with Crippen molar-refractivity contribution < 1.29 is 9.21 Å². The van der Waals surface area contributed by atoms with Crippen LogP contribution in [0.5, 0.6) is 0 Å². The van der Waals surface area contributed by atoms with Crippen molar-refractivity contribution >= 4 is 35.0 Å². The Morgan fingerprint density at radius 3 is 2.59 bits per heavy atom. The molecule has 8 nitrogen and oxygen atoms in total. The van der Waals surface area contributed by atoms with Gasteiger partial charge in [0.1, 0.15) is 0 Å². The summed E-state index contributed by atoms with van der Waals surface area (Å²) in [5.74, 6) is 1.38. The zero-order valence-electron chi connectivity index (χ0n) is 14.4. The van der Waals surface area contributed by atoms with Crippen molar-refractivity contribution in [1.82, 2.24) is 20.1 Å². The fourth-order valence-electron chi connectivity index (χ4n) is 2.84. The average Bonchev–Trinajstić information content (AvgIpc) is 3.24. The van der Waals surface area contributed by atoms with E-state index in [0.29, 0.717) is 48.7 Å². The van der Waals surface area contributed by atoms with Gasteiger partial charge in [-0.25, -0.2) is 0 Å². The molecule has 0 saturated carbocycles. The minimum Gasteiger partial charge on any atom is -0.459 e. The molecule has 4 rings (SSSR count). The largest absolute Gasteiger partial charge is 0.459 e. The van der Waals surface area contributed by atoms with Crippen LogP contribution in [0.25, 0.3) is 0 Å². The molecule has 3 aromatic rings. The first kappa shape index (κ1) is 17.3. The summed E-state index contributed by atoms with van der Waals surface area (Å²) in [6.45, 7) is 2.38. The lowest BCUT2D eigenvalue weighted by Gasteiger charge is -2.34. The Morgan fingerprint density at radius 1 is 1.11 bits per heavy atom. The standard InChI is InChI=1S/C18H17ClN6O2/c19-13-3-5-14(6-4-13)21-16-12-20-23-18(22-16)25-9-7-24(8-10-25)17(26)15-2-1-11-27-15/h1-6,11-12H,7-10H2,(H,21,22,23). The van der Waals surface area contributed by atoms with Gasteiger partial charge >= 0.3 is 0 Å². The molecular formula is C18H17ClN6O2. The molecule has 1 saturated heterocycles. The van der Waals surface area contributed by atoms with Gasteiger partial charge in [0.05, 0.1) is 12.5 Å². The SMILES string of the molecule is O=C(c1ccco1)N1CCN(c2nncc(Nc3ccc(Cl)cc3)n2)CC1. The van der Waals surface area contributed by atoms with Crippen molar-refractivity contribution in [2.75, 3.05) is 36.4 Å². The maximum atomic E-state index is 12.3. The zero-order chi connectivity index (χ0) is 18.6. The predicted octanol–water partition coefficient (Wildman–Crippen LogP) is 2.82. The van der Waals surface area contributed by atoms with Crippen molar-refractivity contribution in [3.05, 3.63) is 59.6 Å². The van der Waals surface area contributed by atoms with E-state index in [-0.39, 0.29) is 5.91 Å². The molecule has 2 aromatic heterocycles. The summed E-state index contributed by atoms with van der Waals surface area (Å²) in [5, 5.41) is 12.0. The van der Waals surface area contributed by atoms with Gasteiger partial charge in [-0.3, -0.25) is 4.79 Å². The highest BCUT2D eigenvalue weighted by atomic mass is 35.5. The van der Waals surface area contributed by atoms with Crippen LogP contribution in [-0.4, -0.2) is 52.2 Å². The number of furan rings is 1. The molecule has 0 radical (unpaired) electrons. The monoisotopic (exact) mass is 384 g/mol. The quantitative estimate of drug-likeness (QED) is 0.739. The van der Waals surface area contributed by atoms with Crippen LogP contribution in [0.3, 0.4) is 0 Å². The number of nitrogens with one attached hydrogen (secondary N) is 1. The van der Waals surface area contributed by atoms with Gasteiger partial charge in [-0.15, -0.1) is 5.10 Å². The Balaban J connectivity index is 1.40. The lowest BCUT2D eigenvalue weighted by Crippen LogP contribution is -2.49. The van der Waals surface area contributed by atoms with Gasteiger partial charge in [-0.2, -0.15) is 10.1 Å². The third-order valence-electron chi connectivity index (χ3n) is 4.25. The van der Waals surface area contributed by atoms with Gasteiger partial charge in [-0.05, 0) is 36.4 Å². The minimum absolute atomic E-state index is 0.100. The van der Waals surface area contributed by atoms with Crippen molar-refractivity contribution in [2.45, 2.75) is 0 Å². The molecule has 1 aliphatic heterocycles. The summed E-state index contributed by atoms with van der Waals surface area (Å²) < 4.78 is 5.18. The third kappa shape index (κ3) is 4.01. The molecule has 3 heterocycles. The van der Waals surface area contributed by atoms with E-state index >= 15 is 0 Å². The second-order valence-electron chi connectivity index (χ2n) is 6.03. The van der Waals surface area contributed by atoms with Crippen LogP contribution in [0.4, 0.5) is 17.5 Å². The number of carbonyl (C=O) groups excluding carboxylic acids is 1. The van der Waals surface area contributed by atoms with Crippen molar-refractivity contribution in [1.29, 1.82) is 0 Å². The number of piperazine rings is 1. The number of anilines is 3. The number of aromatic nitrogens is 3. The van der Waals surface area contributed by atoms with Gasteiger partial charge in [0, 0.05) is 36.9 Å². The van der Waals surface area contributed by atoms with Gasteiger partial charge in [0.25, 0.3) is 5.91 Å². The molecule has 27 heavy (non-hydrogen) atoms. The Kier molecular flexibility index (Phi) is 4.88. The highest BCUT2D eigenvalue weighted by Gasteiger charge is 2.25. The molecular weight excluding hydrogens is 368 g/mol. The molecule has 1 N–H and O–H groups in total. The summed E-state index contributed by atoms with van der Waals surface area (Å²) in [6.07, 6.45) is 3.07. The summed E-state index contributed by atoms with van der Waals surface area (Å²) >= 11 is 5.90. The number of carbonyl (C=O) groups is 1. The van der Waals surface area contributed by atoms with Crippen molar-refractivity contribution in [3.63, 3.8) is 0 Å². The Labute approximate surface area is 160 Å². The summed E-state index contributed by atoms with van der Waals surface area (Å²) in [4.78, 5) is 20.6. The third-order valence-corrected chi connectivity index (χ3v) is 4.50. The van der Waals surface area contributed by atoms with Crippen LogP contribution < -0.4 is 10.2 Å². The topological polar surface area (TPSA) is 87.4 Å². The molecule has 1 aliphatic rings. The molecule has 0 spiro atoms. The van der Waals surface area contributed by atoms with Crippen LogP contribution >= 0.6 is 11.6 Å². The van der Waals surface area contributed by atoms with Crippen LogP contribution in [0, 0.1) is 0 Å². The van der Waals surface area contributed by atoms with Crippen LogP contribution in [0.2, 0.25) is 5.02 Å². The fraction of sp³-hybridized carbons (Fsp3) is 0.222. The number of benzene rings is 1. The first-order valence-corrected chi connectivity index (χ1v) is 8.87. The Hall–Kier alpha value is -3.13. The van der Waals surface area contributed by atoms with E-state index in [0.717, 1.165) is 5.69 Å². The molecule has 9 heteroatoms. The van der Waals surface area contributed by atoms with E-state index in [1.165, 1.54) is 6.26 Å². The molecule has 0 atom stereocenters. The van der Waals surface area contributed by atoms with Crippen molar-refractivity contribution in [3.8, 4) is 0 Å². The number of hydrogen-bond donors (Lipinski definition) is 1. The number of amides is 1. The number of rotatable bonds is 4. The predicted molar refractivity (Wildman–Crippen MR) is 101 cm³/mol. The zero-order valence-corrected chi connectivity index (χ0v) is 15.1. The lowest BCUT2D eigenvalue weighted by molar-refractivity contribution is 0.0714. The van der Waals surface area contributed by atoms with Gasteiger partial charge in [0.15, 0.2) is 11.6 Å². The highest BCUT2D eigenvalue weighted by molar-refractivity contribution is 6.30. The molecule has 0 bridgehead atoms.